The van der Waals surface area contributed by atoms with E-state index in [-0.39, 0.29) is 12.0 Å². The zero-order valence-electron chi connectivity index (χ0n) is 15.6. The van der Waals surface area contributed by atoms with Gasteiger partial charge in [-0.05, 0) is 58.7 Å². The summed E-state index contributed by atoms with van der Waals surface area (Å²) < 4.78 is 1.68. The van der Waals surface area contributed by atoms with Crippen molar-refractivity contribution in [3.05, 3.63) is 64.9 Å². The molecule has 27 heavy (non-hydrogen) atoms. The molecule has 4 aromatic rings. The first-order valence-electron chi connectivity index (χ1n) is 8.95. The number of nitrogens with one attached hydrogen (secondary N) is 1. The number of benzene rings is 1. The molecule has 0 aliphatic heterocycles. The van der Waals surface area contributed by atoms with Gasteiger partial charge in [0.25, 0.3) is 0 Å². The molecule has 0 radical (unpaired) electrons. The van der Waals surface area contributed by atoms with E-state index < -0.39 is 0 Å². The molecule has 4 rings (SSSR count). The van der Waals surface area contributed by atoms with E-state index in [0.717, 1.165) is 40.0 Å². The van der Waals surface area contributed by atoms with Gasteiger partial charge in [-0.2, -0.15) is 5.10 Å². The van der Waals surface area contributed by atoms with Gasteiger partial charge in [0.1, 0.15) is 0 Å². The summed E-state index contributed by atoms with van der Waals surface area (Å²) in [5.74, 6) is 0.526. The maximum Gasteiger partial charge on any atom is 0.160 e. The zero-order valence-corrected chi connectivity index (χ0v) is 15.6. The summed E-state index contributed by atoms with van der Waals surface area (Å²) in [6.07, 6.45) is 4.39. The molecule has 3 heterocycles. The molecule has 0 saturated carbocycles. The minimum absolute atomic E-state index is 0.198. The number of nitrogens with two attached hydrogens (primary N) is 1. The lowest BCUT2D eigenvalue weighted by Gasteiger charge is -2.24. The Morgan fingerprint density at radius 2 is 1.96 bits per heavy atom. The van der Waals surface area contributed by atoms with Crippen molar-refractivity contribution in [1.29, 1.82) is 0 Å². The Bertz CT molecular complexity index is 1070. The molecule has 8 heteroatoms. The molecule has 138 valence electrons. The quantitative estimate of drug-likeness (QED) is 0.563. The Morgan fingerprint density at radius 1 is 1.19 bits per heavy atom. The van der Waals surface area contributed by atoms with Crippen molar-refractivity contribution in [1.82, 2.24) is 35.4 Å². The second-order valence-corrected chi connectivity index (χ2v) is 6.71. The molecule has 3 aromatic heterocycles. The van der Waals surface area contributed by atoms with Gasteiger partial charge in [0.05, 0.1) is 17.1 Å². The Labute approximate surface area is 156 Å². The van der Waals surface area contributed by atoms with E-state index in [1.165, 1.54) is 5.56 Å². The Kier molecular flexibility index (Phi) is 4.41. The molecule has 1 aromatic carbocycles. The number of pyridine rings is 1. The Morgan fingerprint density at radius 3 is 2.63 bits per heavy atom. The van der Waals surface area contributed by atoms with E-state index >= 15 is 0 Å². The van der Waals surface area contributed by atoms with Gasteiger partial charge in [0, 0.05) is 30.9 Å². The van der Waals surface area contributed by atoms with Crippen molar-refractivity contribution in [2.75, 3.05) is 0 Å². The molecule has 2 atom stereocenters. The van der Waals surface area contributed by atoms with Crippen LogP contribution >= 0.6 is 0 Å². The van der Waals surface area contributed by atoms with Crippen molar-refractivity contribution in [2.24, 2.45) is 12.8 Å². The molecule has 0 amide bonds. The standard InChI is InChI=1S/C19H22N8/c1-4-12-9-14(10-15-11(2)22-23-18(12)15)16(19-24-25-26-27(19)3)17(20)13-5-7-21-8-6-13/h5-10,16-17H,4,20H2,1-3H3,(H,22,23). The number of nitrogens with zero attached hydrogens (tertiary/aromatic N) is 6. The van der Waals surface area contributed by atoms with Gasteiger partial charge in [0.15, 0.2) is 5.82 Å². The first kappa shape index (κ1) is 17.3. The van der Waals surface area contributed by atoms with Crippen LogP contribution in [-0.4, -0.2) is 35.4 Å². The molecule has 0 bridgehead atoms. The van der Waals surface area contributed by atoms with Crippen LogP contribution in [0, 0.1) is 6.92 Å². The number of tetrazole rings is 1. The SMILES string of the molecule is CCc1cc(C(c2nnnn2C)C(N)c2ccncc2)cc2c(C)n[nH]c12. The maximum atomic E-state index is 6.72. The van der Waals surface area contributed by atoms with Crippen LogP contribution in [0.2, 0.25) is 0 Å². The smallest absolute Gasteiger partial charge is 0.160 e. The normalized spacial score (nSPS) is 13.8. The molecule has 0 fully saturated rings. The third-order valence-electron chi connectivity index (χ3n) is 5.09. The van der Waals surface area contributed by atoms with Crippen LogP contribution in [0.25, 0.3) is 10.9 Å². The first-order valence-corrected chi connectivity index (χ1v) is 8.95. The molecular formula is C19H22N8. The van der Waals surface area contributed by atoms with E-state index in [1.54, 1.807) is 17.1 Å². The van der Waals surface area contributed by atoms with E-state index in [9.17, 15) is 0 Å². The number of fused-ring (bicyclic) bond motifs is 1. The number of hydrogen-bond donors (Lipinski definition) is 2. The summed E-state index contributed by atoms with van der Waals surface area (Å²) in [6.45, 7) is 4.14. The summed E-state index contributed by atoms with van der Waals surface area (Å²) in [4.78, 5) is 4.10. The number of aryl methyl sites for hydroxylation is 3. The predicted octanol–water partition coefficient (Wildman–Crippen LogP) is 2.18. The third kappa shape index (κ3) is 2.97. The van der Waals surface area contributed by atoms with Gasteiger partial charge >= 0.3 is 0 Å². The van der Waals surface area contributed by atoms with Gasteiger partial charge < -0.3 is 5.73 Å². The first-order chi connectivity index (χ1) is 13.1. The van der Waals surface area contributed by atoms with Crippen LogP contribution in [0.15, 0.2) is 36.7 Å². The van der Waals surface area contributed by atoms with Crippen LogP contribution in [0.1, 0.15) is 47.1 Å². The van der Waals surface area contributed by atoms with Crippen LogP contribution in [0.5, 0.6) is 0 Å². The molecule has 2 unspecified atom stereocenters. The van der Waals surface area contributed by atoms with Crippen LogP contribution in [0.3, 0.4) is 0 Å². The lowest BCUT2D eigenvalue weighted by atomic mass is 9.85. The molecule has 8 nitrogen and oxygen atoms in total. The minimum atomic E-state index is -0.313. The highest BCUT2D eigenvalue weighted by Crippen LogP contribution is 2.36. The van der Waals surface area contributed by atoms with Crippen molar-refractivity contribution in [3.63, 3.8) is 0 Å². The van der Waals surface area contributed by atoms with Gasteiger partial charge in [-0.1, -0.05) is 13.0 Å². The molecular weight excluding hydrogens is 340 g/mol. The fourth-order valence-electron chi connectivity index (χ4n) is 3.60. The summed E-state index contributed by atoms with van der Waals surface area (Å²) >= 11 is 0. The van der Waals surface area contributed by atoms with Crippen molar-refractivity contribution in [3.8, 4) is 0 Å². The number of H-pyrrole nitrogens is 1. The van der Waals surface area contributed by atoms with Gasteiger partial charge in [-0.15, -0.1) is 5.10 Å². The Balaban J connectivity index is 1.93. The average molecular weight is 362 g/mol. The predicted molar refractivity (Wildman–Crippen MR) is 102 cm³/mol. The molecule has 3 N–H and O–H groups in total. The van der Waals surface area contributed by atoms with Gasteiger partial charge in [0.2, 0.25) is 0 Å². The number of hydrogen-bond acceptors (Lipinski definition) is 6. The highest BCUT2D eigenvalue weighted by atomic mass is 15.5. The fourth-order valence-corrected chi connectivity index (χ4v) is 3.60. The average Bonchev–Trinajstić information content (AvgIpc) is 3.28. The molecule has 0 aliphatic rings. The number of rotatable bonds is 5. The maximum absolute atomic E-state index is 6.72. The third-order valence-corrected chi connectivity index (χ3v) is 5.09. The molecule has 0 aliphatic carbocycles. The topological polar surface area (TPSA) is 111 Å². The second-order valence-electron chi connectivity index (χ2n) is 6.71. The van der Waals surface area contributed by atoms with E-state index in [4.69, 9.17) is 5.73 Å². The molecule has 0 saturated heterocycles. The van der Waals surface area contributed by atoms with Crippen molar-refractivity contribution >= 4 is 10.9 Å². The van der Waals surface area contributed by atoms with Crippen molar-refractivity contribution < 1.29 is 0 Å². The Hall–Kier alpha value is -3.13. The molecule has 0 spiro atoms. The van der Waals surface area contributed by atoms with Crippen LogP contribution in [-0.2, 0) is 13.5 Å². The van der Waals surface area contributed by atoms with Crippen LogP contribution < -0.4 is 5.73 Å². The number of aromatic nitrogens is 7. The highest BCUT2D eigenvalue weighted by molar-refractivity contribution is 5.85. The lowest BCUT2D eigenvalue weighted by molar-refractivity contribution is 0.559. The van der Waals surface area contributed by atoms with Crippen LogP contribution in [0.4, 0.5) is 0 Å². The summed E-state index contributed by atoms with van der Waals surface area (Å²) in [5.41, 5.74) is 12.0. The summed E-state index contributed by atoms with van der Waals surface area (Å²) in [7, 11) is 1.84. The minimum Gasteiger partial charge on any atom is -0.323 e. The monoisotopic (exact) mass is 362 g/mol. The van der Waals surface area contributed by atoms with E-state index in [0.29, 0.717) is 0 Å². The summed E-state index contributed by atoms with van der Waals surface area (Å²) in [5, 5.41) is 20.7. The largest absolute Gasteiger partial charge is 0.323 e. The van der Waals surface area contributed by atoms with Crippen molar-refractivity contribution in [2.45, 2.75) is 32.2 Å². The van der Waals surface area contributed by atoms with E-state index in [2.05, 4.69) is 49.8 Å². The van der Waals surface area contributed by atoms with Gasteiger partial charge in [-0.25, -0.2) is 4.68 Å². The van der Waals surface area contributed by atoms with E-state index in [1.807, 2.05) is 26.1 Å². The fraction of sp³-hybridized carbons (Fsp3) is 0.316. The number of aromatic amines is 1. The lowest BCUT2D eigenvalue weighted by Crippen LogP contribution is -2.24. The summed E-state index contributed by atoms with van der Waals surface area (Å²) in [6, 6.07) is 7.88. The zero-order chi connectivity index (χ0) is 19.0. The van der Waals surface area contributed by atoms with Gasteiger partial charge in [-0.3, -0.25) is 10.1 Å². The highest BCUT2D eigenvalue weighted by Gasteiger charge is 2.29. The second kappa shape index (κ2) is 6.88.